The van der Waals surface area contributed by atoms with Crippen molar-refractivity contribution < 1.29 is 0 Å². The van der Waals surface area contributed by atoms with Crippen molar-refractivity contribution in [3.05, 3.63) is 31.5 Å². The molecule has 0 atom stereocenters. The maximum atomic E-state index is 3.73. The zero-order valence-electron chi connectivity index (χ0n) is 16.4. The molecule has 0 aliphatic carbocycles. The monoisotopic (exact) mass is 484 g/mol. The van der Waals surface area contributed by atoms with E-state index in [1.165, 1.54) is 83.6 Å². The molecule has 0 fully saturated rings. The summed E-state index contributed by atoms with van der Waals surface area (Å²) in [7, 11) is 0. The Morgan fingerprint density at radius 3 is 1.38 bits per heavy atom. The van der Waals surface area contributed by atoms with E-state index in [1.54, 1.807) is 0 Å². The summed E-state index contributed by atoms with van der Waals surface area (Å²) in [6.07, 6.45) is 17.9. The van der Waals surface area contributed by atoms with Crippen molar-refractivity contribution >= 4 is 44.3 Å². The number of hydrogen-bond donors (Lipinski definition) is 0. The molecule has 2 rings (SSSR count). The van der Waals surface area contributed by atoms with Gasteiger partial charge in [0.25, 0.3) is 0 Å². The minimum Gasteiger partial charge on any atom is -0.292 e. The van der Waals surface area contributed by atoms with Crippen molar-refractivity contribution in [2.24, 2.45) is 0 Å². The van der Waals surface area contributed by atoms with Crippen LogP contribution in [0.3, 0.4) is 0 Å². The number of hydrogen-bond acceptors (Lipinski definition) is 2. The lowest BCUT2D eigenvalue weighted by Gasteiger charge is -2.36. The zero-order chi connectivity index (χ0) is 18.8. The van der Waals surface area contributed by atoms with Crippen LogP contribution in [0.15, 0.2) is 21.1 Å². The summed E-state index contributed by atoms with van der Waals surface area (Å²) in [6.45, 7) is 6.76. The van der Waals surface area contributed by atoms with E-state index in [9.17, 15) is 0 Å². The van der Waals surface area contributed by atoms with Gasteiger partial charge in [-0.25, -0.2) is 0 Å². The molecule has 0 unspecified atom stereocenters. The number of benzene rings is 1. The van der Waals surface area contributed by atoms with Gasteiger partial charge < -0.3 is 0 Å². The molecule has 4 heteroatoms. The minimum atomic E-state index is 1.10. The highest BCUT2D eigenvalue weighted by Crippen LogP contribution is 2.15. The van der Waals surface area contributed by atoms with Crippen LogP contribution in [0, 0.1) is 0 Å². The van der Waals surface area contributed by atoms with Crippen LogP contribution >= 0.6 is 31.9 Å². The van der Waals surface area contributed by atoms with Gasteiger partial charge in [-0.15, -0.1) is 0 Å². The van der Waals surface area contributed by atoms with E-state index in [4.69, 9.17) is 0 Å². The maximum Gasteiger partial charge on any atom is 0.0389 e. The van der Waals surface area contributed by atoms with E-state index >= 15 is 0 Å². The highest BCUT2D eigenvalue weighted by molar-refractivity contribution is 9.11. The third-order valence-electron chi connectivity index (χ3n) is 5.05. The van der Waals surface area contributed by atoms with Crippen LogP contribution in [0.2, 0.25) is 0 Å². The molecule has 0 bridgehead atoms. The third kappa shape index (κ3) is 6.60. The average molecular weight is 486 g/mol. The first kappa shape index (κ1) is 21.8. The molecule has 26 heavy (non-hydrogen) atoms. The number of nitrogens with zero attached hydrogens (tertiary/aromatic N) is 2. The summed E-state index contributed by atoms with van der Waals surface area (Å²) in [5, 5.41) is 7.45. The van der Waals surface area contributed by atoms with Gasteiger partial charge in [0.1, 0.15) is 0 Å². The van der Waals surface area contributed by atoms with Crippen molar-refractivity contribution in [1.29, 1.82) is 0 Å². The van der Waals surface area contributed by atoms with E-state index in [0.717, 1.165) is 13.1 Å². The molecule has 1 aliphatic rings. The van der Waals surface area contributed by atoms with Gasteiger partial charge in [-0.3, -0.25) is 10.0 Å². The molecule has 2 nitrogen and oxygen atoms in total. The van der Waals surface area contributed by atoms with Gasteiger partial charge in [0.05, 0.1) is 0 Å². The van der Waals surface area contributed by atoms with Crippen molar-refractivity contribution in [2.75, 3.05) is 13.1 Å². The van der Waals surface area contributed by atoms with Crippen LogP contribution in [0.25, 0.3) is 12.4 Å². The smallest absolute Gasteiger partial charge is 0.0389 e. The van der Waals surface area contributed by atoms with Crippen LogP contribution < -0.4 is 10.4 Å². The van der Waals surface area contributed by atoms with E-state index in [-0.39, 0.29) is 0 Å². The standard InChI is InChI=1S/C22H34Br2N2/c1-3-5-7-9-11-15-25-17-19-20(22(24)14-13-21(19)23)18-26(25)16-12-10-8-6-4-2/h13-14,17-18H,3-12,15-16H2,1-2H3. The van der Waals surface area contributed by atoms with Crippen molar-refractivity contribution in [3.63, 3.8) is 0 Å². The summed E-state index contributed by atoms with van der Waals surface area (Å²) in [5.74, 6) is 0. The van der Waals surface area contributed by atoms with Gasteiger partial charge in [0, 0.05) is 44.9 Å². The van der Waals surface area contributed by atoms with Gasteiger partial charge in [-0.05, 0) is 25.0 Å². The Morgan fingerprint density at radius 1 is 0.615 bits per heavy atom. The fraction of sp³-hybridized carbons (Fsp3) is 0.636. The summed E-state index contributed by atoms with van der Waals surface area (Å²) in [4.78, 5) is 0. The fourth-order valence-corrected chi connectivity index (χ4v) is 4.33. The Kier molecular flexibility index (Phi) is 10.1. The molecule has 1 heterocycles. The average Bonchev–Trinajstić information content (AvgIpc) is 2.65. The number of fused-ring (bicyclic) bond motifs is 1. The molecule has 0 radical (unpaired) electrons. The summed E-state index contributed by atoms with van der Waals surface area (Å²) >= 11 is 7.46. The maximum absolute atomic E-state index is 3.73. The Labute approximate surface area is 176 Å². The molecule has 0 aromatic heterocycles. The summed E-state index contributed by atoms with van der Waals surface area (Å²) in [5.41, 5.74) is 0. The predicted molar refractivity (Wildman–Crippen MR) is 121 cm³/mol. The second kappa shape index (κ2) is 12.1. The van der Waals surface area contributed by atoms with Gasteiger partial charge in [-0.1, -0.05) is 97.1 Å². The Morgan fingerprint density at radius 2 is 1.00 bits per heavy atom. The first-order valence-corrected chi connectivity index (χ1v) is 12.0. The highest BCUT2D eigenvalue weighted by atomic mass is 79.9. The van der Waals surface area contributed by atoms with Crippen molar-refractivity contribution in [2.45, 2.75) is 78.1 Å². The number of rotatable bonds is 12. The van der Waals surface area contributed by atoms with Crippen LogP contribution in [-0.4, -0.2) is 23.1 Å². The van der Waals surface area contributed by atoms with E-state index in [2.05, 4.69) is 80.3 Å². The molecule has 0 amide bonds. The van der Waals surface area contributed by atoms with E-state index < -0.39 is 0 Å². The summed E-state index contributed by atoms with van der Waals surface area (Å²) in [6, 6.07) is 4.26. The summed E-state index contributed by atoms with van der Waals surface area (Å²) < 4.78 is 2.34. The first-order chi connectivity index (χ1) is 12.7. The second-order valence-electron chi connectivity index (χ2n) is 7.27. The molecular formula is C22H34Br2N2. The largest absolute Gasteiger partial charge is 0.292 e. The Hall–Kier alpha value is -0.480. The lowest BCUT2D eigenvalue weighted by atomic mass is 10.1. The molecule has 0 saturated carbocycles. The molecule has 146 valence electrons. The Bertz CT molecular complexity index is 600. The lowest BCUT2D eigenvalue weighted by molar-refractivity contribution is 0.111. The van der Waals surface area contributed by atoms with Crippen LogP contribution in [0.5, 0.6) is 0 Å². The predicted octanol–water partition coefficient (Wildman–Crippen LogP) is 6.16. The van der Waals surface area contributed by atoms with Crippen LogP contribution in [0.4, 0.5) is 0 Å². The van der Waals surface area contributed by atoms with Crippen molar-refractivity contribution in [3.8, 4) is 0 Å². The first-order valence-electron chi connectivity index (χ1n) is 10.4. The molecule has 1 aromatic carbocycles. The SMILES string of the molecule is CCCCCCCN1C=c2c(Br)ccc(Br)c2=CN1CCCCCCC. The third-order valence-corrected chi connectivity index (χ3v) is 6.43. The molecule has 0 saturated heterocycles. The molecule has 1 aliphatic heterocycles. The lowest BCUT2D eigenvalue weighted by Crippen LogP contribution is -2.46. The van der Waals surface area contributed by atoms with Gasteiger partial charge in [0.2, 0.25) is 0 Å². The number of hydrazine groups is 1. The minimum absolute atomic E-state index is 1.10. The Balaban J connectivity index is 2.07. The van der Waals surface area contributed by atoms with E-state index in [0.29, 0.717) is 0 Å². The second-order valence-corrected chi connectivity index (χ2v) is 8.98. The van der Waals surface area contributed by atoms with Gasteiger partial charge in [-0.2, -0.15) is 0 Å². The number of unbranched alkanes of at least 4 members (excludes halogenated alkanes) is 8. The van der Waals surface area contributed by atoms with Crippen LogP contribution in [-0.2, 0) is 0 Å². The van der Waals surface area contributed by atoms with Gasteiger partial charge >= 0.3 is 0 Å². The molecule has 0 spiro atoms. The fourth-order valence-electron chi connectivity index (χ4n) is 3.43. The normalized spacial score (nSPS) is 13.4. The molecular weight excluding hydrogens is 452 g/mol. The molecule has 0 N–H and O–H groups in total. The number of halogens is 2. The topological polar surface area (TPSA) is 6.48 Å². The quantitative estimate of drug-likeness (QED) is 0.327. The zero-order valence-corrected chi connectivity index (χ0v) is 19.6. The highest BCUT2D eigenvalue weighted by Gasteiger charge is 2.14. The van der Waals surface area contributed by atoms with Crippen molar-refractivity contribution in [1.82, 2.24) is 10.0 Å². The molecule has 1 aromatic rings. The van der Waals surface area contributed by atoms with E-state index in [1.807, 2.05) is 0 Å². The van der Waals surface area contributed by atoms with Crippen LogP contribution in [0.1, 0.15) is 78.1 Å². The van der Waals surface area contributed by atoms with Gasteiger partial charge in [0.15, 0.2) is 0 Å².